The van der Waals surface area contributed by atoms with E-state index in [4.69, 9.17) is 21.5 Å². The highest BCUT2D eigenvalue weighted by molar-refractivity contribution is 7.89. The van der Waals surface area contributed by atoms with Crippen molar-refractivity contribution in [3.63, 3.8) is 0 Å². The van der Waals surface area contributed by atoms with E-state index in [0.29, 0.717) is 11.3 Å². The largest absolute Gasteiger partial charge is 0.457 e. The number of primary sulfonamides is 1. The van der Waals surface area contributed by atoms with Crippen LogP contribution in [0.25, 0.3) is 0 Å². The van der Waals surface area contributed by atoms with Crippen molar-refractivity contribution in [1.82, 2.24) is 0 Å². The first-order chi connectivity index (χ1) is 9.27. The van der Waals surface area contributed by atoms with Crippen LogP contribution in [0.15, 0.2) is 41.3 Å². The monoisotopic (exact) mass is 315 g/mol. The molecule has 0 unspecified atom stereocenters. The van der Waals surface area contributed by atoms with Gasteiger partial charge in [0.05, 0.1) is 9.92 Å². The summed E-state index contributed by atoms with van der Waals surface area (Å²) in [5.74, 6) is 0.0355. The van der Waals surface area contributed by atoms with Crippen LogP contribution < -0.4 is 9.88 Å². The maximum absolute atomic E-state index is 13.3. The van der Waals surface area contributed by atoms with Gasteiger partial charge in [-0.2, -0.15) is 0 Å². The van der Waals surface area contributed by atoms with Gasteiger partial charge in [-0.05, 0) is 42.8 Å². The normalized spacial score (nSPS) is 11.4. The molecule has 0 aliphatic carbocycles. The Morgan fingerprint density at radius 2 is 1.75 bits per heavy atom. The molecule has 0 atom stereocenters. The smallest absolute Gasteiger partial charge is 0.238 e. The van der Waals surface area contributed by atoms with Gasteiger partial charge in [-0.3, -0.25) is 0 Å². The van der Waals surface area contributed by atoms with Gasteiger partial charge in [-0.15, -0.1) is 0 Å². The fourth-order valence-corrected chi connectivity index (χ4v) is 2.56. The summed E-state index contributed by atoms with van der Waals surface area (Å²) in [6.45, 7) is 1.59. The van der Waals surface area contributed by atoms with E-state index < -0.39 is 15.8 Å². The number of halogens is 2. The third-order valence-electron chi connectivity index (χ3n) is 2.58. The third kappa shape index (κ3) is 3.27. The summed E-state index contributed by atoms with van der Waals surface area (Å²) in [5, 5.41) is 5.06. The molecule has 2 N–H and O–H groups in total. The van der Waals surface area contributed by atoms with Crippen molar-refractivity contribution in [3.05, 3.63) is 52.8 Å². The summed E-state index contributed by atoms with van der Waals surface area (Å²) in [4.78, 5) is 0.0205. The lowest BCUT2D eigenvalue weighted by molar-refractivity contribution is 0.476. The molecular weight excluding hydrogens is 305 g/mol. The minimum Gasteiger partial charge on any atom is -0.457 e. The third-order valence-corrected chi connectivity index (χ3v) is 3.96. The lowest BCUT2D eigenvalue weighted by atomic mass is 10.2. The van der Waals surface area contributed by atoms with Gasteiger partial charge in [0.25, 0.3) is 0 Å². The van der Waals surface area contributed by atoms with E-state index in [9.17, 15) is 12.8 Å². The van der Waals surface area contributed by atoms with E-state index in [0.717, 1.165) is 6.07 Å². The quantitative estimate of drug-likeness (QED) is 0.945. The highest BCUT2D eigenvalue weighted by Gasteiger charge is 2.12. The van der Waals surface area contributed by atoms with E-state index in [1.54, 1.807) is 6.92 Å². The first-order valence-electron chi connectivity index (χ1n) is 5.54. The second-order valence-corrected chi connectivity index (χ2v) is 6.09. The maximum Gasteiger partial charge on any atom is 0.238 e. The zero-order valence-electron chi connectivity index (χ0n) is 10.4. The number of benzene rings is 2. The lowest BCUT2D eigenvalue weighted by Gasteiger charge is -2.09. The number of hydrogen-bond donors (Lipinski definition) is 1. The van der Waals surface area contributed by atoms with Crippen molar-refractivity contribution in [1.29, 1.82) is 0 Å². The molecule has 106 valence electrons. The zero-order valence-corrected chi connectivity index (χ0v) is 12.0. The summed E-state index contributed by atoms with van der Waals surface area (Å²) in [6.07, 6.45) is 0. The van der Waals surface area contributed by atoms with Gasteiger partial charge in [-0.25, -0.2) is 17.9 Å². The summed E-state index contributed by atoms with van der Waals surface area (Å²) in [7, 11) is -3.77. The number of sulfonamides is 1. The van der Waals surface area contributed by atoms with Crippen LogP contribution in [0.4, 0.5) is 4.39 Å². The topological polar surface area (TPSA) is 69.4 Å². The van der Waals surface area contributed by atoms with Gasteiger partial charge >= 0.3 is 0 Å². The Bertz CT molecular complexity index is 762. The highest BCUT2D eigenvalue weighted by atomic mass is 35.5. The number of ether oxygens (including phenoxy) is 1. The Balaban J connectivity index is 2.31. The van der Waals surface area contributed by atoms with E-state index in [2.05, 4.69) is 0 Å². The molecule has 0 aliphatic rings. The molecule has 0 fully saturated rings. The van der Waals surface area contributed by atoms with Gasteiger partial charge in [-0.1, -0.05) is 11.6 Å². The minimum absolute atomic E-state index is 0.00176. The Hall–Kier alpha value is -1.63. The summed E-state index contributed by atoms with van der Waals surface area (Å²) in [6, 6.07) is 8.31. The van der Waals surface area contributed by atoms with Crippen LogP contribution in [0.1, 0.15) is 5.56 Å². The van der Waals surface area contributed by atoms with Crippen LogP contribution in [-0.4, -0.2) is 8.42 Å². The Labute approximate surface area is 121 Å². The van der Waals surface area contributed by atoms with Gasteiger partial charge < -0.3 is 4.74 Å². The average Bonchev–Trinajstić information content (AvgIpc) is 2.32. The van der Waals surface area contributed by atoms with Crippen LogP contribution >= 0.6 is 11.6 Å². The molecule has 0 radical (unpaired) electrons. The van der Waals surface area contributed by atoms with Crippen LogP contribution in [0.5, 0.6) is 11.5 Å². The first-order valence-corrected chi connectivity index (χ1v) is 7.46. The van der Waals surface area contributed by atoms with Crippen LogP contribution in [0.3, 0.4) is 0 Å². The molecule has 0 amide bonds. The van der Waals surface area contributed by atoms with Crippen molar-refractivity contribution in [3.8, 4) is 11.5 Å². The molecular formula is C13H11ClFNO3S. The predicted molar refractivity (Wildman–Crippen MR) is 74.0 cm³/mol. The molecule has 2 rings (SSSR count). The van der Waals surface area contributed by atoms with Gasteiger partial charge in [0, 0.05) is 6.07 Å². The van der Waals surface area contributed by atoms with Gasteiger partial charge in [0.15, 0.2) is 0 Å². The van der Waals surface area contributed by atoms with Crippen molar-refractivity contribution in [2.24, 2.45) is 5.14 Å². The fourth-order valence-electron chi connectivity index (χ4n) is 1.68. The molecule has 0 aromatic heterocycles. The standard InChI is InChI=1S/C13H11ClFNO3S/c1-8-6-9(3-5-13(8)20(16,17)18)19-10-2-4-11(14)12(15)7-10/h2-7H,1H3,(H2,16,17,18). The van der Waals surface area contributed by atoms with Crippen molar-refractivity contribution >= 4 is 21.6 Å². The van der Waals surface area contributed by atoms with Gasteiger partial charge in [0.2, 0.25) is 10.0 Å². The molecule has 0 spiro atoms. The number of hydrogen-bond acceptors (Lipinski definition) is 3. The zero-order chi connectivity index (χ0) is 14.9. The van der Waals surface area contributed by atoms with Crippen LogP contribution in [0, 0.1) is 12.7 Å². The average molecular weight is 316 g/mol. The second-order valence-electron chi connectivity index (χ2n) is 4.15. The first kappa shape index (κ1) is 14.8. The second kappa shape index (κ2) is 5.40. The molecule has 0 aliphatic heterocycles. The summed E-state index contributed by atoms with van der Waals surface area (Å²) >= 11 is 5.57. The van der Waals surface area contributed by atoms with E-state index in [1.807, 2.05) is 0 Å². The Kier molecular flexibility index (Phi) is 3.99. The maximum atomic E-state index is 13.3. The molecule has 0 saturated carbocycles. The lowest BCUT2D eigenvalue weighted by Crippen LogP contribution is -2.13. The number of rotatable bonds is 3. The van der Waals surface area contributed by atoms with E-state index in [1.165, 1.54) is 30.3 Å². The molecule has 0 saturated heterocycles. The predicted octanol–water partition coefficient (Wildman–Crippen LogP) is 3.23. The number of aryl methyl sites for hydroxylation is 1. The summed E-state index contributed by atoms with van der Waals surface area (Å²) < 4.78 is 41.3. The Morgan fingerprint density at radius 3 is 2.30 bits per heavy atom. The molecule has 0 bridgehead atoms. The summed E-state index contributed by atoms with van der Waals surface area (Å²) in [5.41, 5.74) is 0.444. The van der Waals surface area contributed by atoms with Crippen molar-refractivity contribution in [2.45, 2.75) is 11.8 Å². The molecule has 2 aromatic carbocycles. The van der Waals surface area contributed by atoms with Crippen molar-refractivity contribution < 1.29 is 17.5 Å². The van der Waals surface area contributed by atoms with E-state index in [-0.39, 0.29) is 15.7 Å². The molecule has 4 nitrogen and oxygen atoms in total. The highest BCUT2D eigenvalue weighted by Crippen LogP contribution is 2.27. The molecule has 2 aromatic rings. The SMILES string of the molecule is Cc1cc(Oc2ccc(Cl)c(F)c2)ccc1S(N)(=O)=O. The molecule has 7 heteroatoms. The fraction of sp³-hybridized carbons (Fsp3) is 0.0769. The Morgan fingerprint density at radius 1 is 1.15 bits per heavy atom. The van der Waals surface area contributed by atoms with Crippen LogP contribution in [-0.2, 0) is 10.0 Å². The minimum atomic E-state index is -3.77. The van der Waals surface area contributed by atoms with E-state index >= 15 is 0 Å². The van der Waals surface area contributed by atoms with Crippen molar-refractivity contribution in [2.75, 3.05) is 0 Å². The van der Waals surface area contributed by atoms with Gasteiger partial charge in [0.1, 0.15) is 17.3 Å². The molecule has 0 heterocycles. The molecule has 20 heavy (non-hydrogen) atoms. The number of nitrogens with two attached hydrogens (primary N) is 1. The van der Waals surface area contributed by atoms with Crippen LogP contribution in [0.2, 0.25) is 5.02 Å².